The summed E-state index contributed by atoms with van der Waals surface area (Å²) in [7, 11) is 2.04. The second kappa shape index (κ2) is 17.3. The molecule has 13 heteroatoms. The Morgan fingerprint density at radius 3 is 2.48 bits per heavy atom. The van der Waals surface area contributed by atoms with Gasteiger partial charge >= 0.3 is 0 Å². The molecule has 9 nitrogen and oxygen atoms in total. The molecule has 8 rings (SSSR count). The number of hydrogen-bond donors (Lipinski definition) is 0. The first kappa shape index (κ1) is 40.2. The Labute approximate surface area is 356 Å². The van der Waals surface area contributed by atoms with Gasteiger partial charge in [-0.05, 0) is 76.4 Å². The first-order chi connectivity index (χ1) is 28.1. The van der Waals surface area contributed by atoms with Crippen LogP contribution in [0.4, 0.5) is 5.69 Å². The van der Waals surface area contributed by atoms with Gasteiger partial charge in [-0.3, -0.25) is 23.7 Å². The zero-order chi connectivity index (χ0) is 40.5. The molecule has 0 aliphatic carbocycles. The number of pyridine rings is 1. The van der Waals surface area contributed by atoms with Crippen LogP contribution in [-0.2, 0) is 17.9 Å². The Bertz CT molecular complexity index is 2730. The predicted molar refractivity (Wildman–Crippen MR) is 238 cm³/mol. The second-order valence-electron chi connectivity index (χ2n) is 14.9. The zero-order valence-corrected chi connectivity index (χ0v) is 36.7. The second-order valence-corrected chi connectivity index (χ2v) is 18.6. The van der Waals surface area contributed by atoms with Gasteiger partial charge in [-0.25, -0.2) is 0 Å². The summed E-state index contributed by atoms with van der Waals surface area (Å²) in [5.74, 6) is 1.70. The van der Waals surface area contributed by atoms with Gasteiger partial charge < -0.3 is 4.90 Å². The highest BCUT2D eigenvalue weighted by Crippen LogP contribution is 2.45. The molecule has 0 bridgehead atoms. The Balaban J connectivity index is 0.893. The lowest BCUT2D eigenvalue weighted by Gasteiger charge is -2.12. The van der Waals surface area contributed by atoms with Crippen LogP contribution in [0.15, 0.2) is 87.6 Å². The number of Topliss-reactive ketones (excluding diaryl/α,β-unsaturated/α-hetero) is 1. The van der Waals surface area contributed by atoms with Crippen molar-refractivity contribution in [2.45, 2.75) is 96.7 Å². The van der Waals surface area contributed by atoms with Crippen molar-refractivity contribution in [1.82, 2.24) is 19.3 Å². The van der Waals surface area contributed by atoms with Crippen molar-refractivity contribution in [3.63, 3.8) is 0 Å². The number of para-hydroxylation sites is 1. The van der Waals surface area contributed by atoms with Crippen molar-refractivity contribution in [3.05, 3.63) is 136 Å². The summed E-state index contributed by atoms with van der Waals surface area (Å²) in [5.41, 5.74) is 6.36. The Kier molecular flexibility index (Phi) is 12.0. The summed E-state index contributed by atoms with van der Waals surface area (Å²) >= 11 is 11.2. The molecular formula is C45H47ClN7O2S3+. The molecular weight excluding hydrogens is 802 g/mol. The van der Waals surface area contributed by atoms with E-state index in [2.05, 4.69) is 80.7 Å². The molecule has 0 fully saturated rings. The number of thioether (sulfide) groups is 1. The molecule has 58 heavy (non-hydrogen) atoms. The lowest BCUT2D eigenvalue weighted by molar-refractivity contribution is -0.699. The number of halogens is 1. The van der Waals surface area contributed by atoms with Crippen molar-refractivity contribution in [2.24, 2.45) is 4.99 Å². The standard InChI is InChI=1S/C45H47ClN7O2S3/c1-6-52-38(58-41(43(52)55)45-50(5)36-18-11-12-19-37(36)57-45)26-33-16-13-15-25-51(33)24-14-9-7-8-10-17-34(54)27-35-42-49-48-30(4)53(42)44-39(28(2)29(3)56-44)40(47-35)31-20-22-32(46)23-21-31/h11-13,15-16,18-23,25-26,35H,6-10,14,17,24,27H2,1-5H3/q+1/b45-41+/t35-/m0/s1. The van der Waals surface area contributed by atoms with Crippen LogP contribution >= 0.6 is 46.0 Å². The number of ketones is 1. The smallest absolute Gasteiger partial charge is 0.271 e. The third-order valence-corrected chi connectivity index (χ3v) is 15.0. The number of rotatable bonds is 13. The number of carbonyl (C=O) groups is 1. The third-order valence-electron chi connectivity index (χ3n) is 11.0. The minimum atomic E-state index is -0.431. The molecule has 298 valence electrons. The van der Waals surface area contributed by atoms with Crippen molar-refractivity contribution in [3.8, 4) is 5.00 Å². The van der Waals surface area contributed by atoms with Gasteiger partial charge in [0.2, 0.25) is 5.69 Å². The number of thiazole rings is 1. The van der Waals surface area contributed by atoms with E-state index in [0.717, 1.165) is 97.7 Å². The van der Waals surface area contributed by atoms with Crippen LogP contribution in [0, 0.1) is 20.8 Å². The molecule has 0 radical (unpaired) electrons. The van der Waals surface area contributed by atoms with E-state index in [0.29, 0.717) is 18.0 Å². The highest BCUT2D eigenvalue weighted by molar-refractivity contribution is 8.08. The number of anilines is 1. The number of benzene rings is 2. The Morgan fingerprint density at radius 1 is 0.931 bits per heavy atom. The summed E-state index contributed by atoms with van der Waals surface area (Å²) in [6, 6.07) is 21.9. The SMILES string of the molecule is CCn1c(=O)/c(=C2\Sc3ccccc3N2C)s/c1=C\c1cccc[n+]1CCCCCCCC(=O)C[C@@H]1N=C(c2ccc(Cl)cc2)c2c(sc(C)c2C)-n2c(C)nnc21. The van der Waals surface area contributed by atoms with Crippen molar-refractivity contribution < 1.29 is 9.36 Å². The quantitative estimate of drug-likeness (QED) is 0.0857. The largest absolute Gasteiger partial charge is 0.337 e. The van der Waals surface area contributed by atoms with Crippen LogP contribution < -0.4 is 24.2 Å². The summed E-state index contributed by atoms with van der Waals surface area (Å²) < 4.78 is 8.00. The van der Waals surface area contributed by atoms with Gasteiger partial charge in [0.05, 0.1) is 11.4 Å². The van der Waals surface area contributed by atoms with Crippen LogP contribution in [0.25, 0.3) is 16.1 Å². The fourth-order valence-corrected chi connectivity index (χ4v) is 11.6. The Morgan fingerprint density at radius 2 is 1.69 bits per heavy atom. The lowest BCUT2D eigenvalue weighted by Crippen LogP contribution is -2.38. The average Bonchev–Trinajstić information content (AvgIpc) is 3.92. The molecule has 6 heterocycles. The molecule has 4 aromatic heterocycles. The van der Waals surface area contributed by atoms with Gasteiger partial charge in [0.1, 0.15) is 43.4 Å². The zero-order valence-electron chi connectivity index (χ0n) is 33.5. The number of fused-ring (bicyclic) bond motifs is 4. The lowest BCUT2D eigenvalue weighted by atomic mass is 9.99. The van der Waals surface area contributed by atoms with Gasteiger partial charge in [0.25, 0.3) is 5.56 Å². The summed E-state index contributed by atoms with van der Waals surface area (Å²) in [6.45, 7) is 9.75. The van der Waals surface area contributed by atoms with Crippen LogP contribution in [-0.4, -0.2) is 37.9 Å². The minimum Gasteiger partial charge on any atom is -0.337 e. The van der Waals surface area contributed by atoms with Crippen LogP contribution in [0.5, 0.6) is 0 Å². The molecule has 2 aromatic carbocycles. The number of hydrogen-bond acceptors (Lipinski definition) is 9. The van der Waals surface area contributed by atoms with E-state index in [9.17, 15) is 9.59 Å². The highest BCUT2D eigenvalue weighted by Gasteiger charge is 2.32. The first-order valence-corrected chi connectivity index (χ1v) is 22.8. The van der Waals surface area contributed by atoms with Gasteiger partial charge in [0.15, 0.2) is 12.0 Å². The van der Waals surface area contributed by atoms with E-state index in [-0.39, 0.29) is 17.8 Å². The van der Waals surface area contributed by atoms with Crippen molar-refractivity contribution >= 4 is 74.3 Å². The summed E-state index contributed by atoms with van der Waals surface area (Å²) in [5, 5.41) is 11.7. The third kappa shape index (κ3) is 7.91. The number of aliphatic imine (C=N–C) groups is 1. The maximum atomic E-state index is 13.7. The van der Waals surface area contributed by atoms with E-state index in [4.69, 9.17) is 16.6 Å². The number of carbonyl (C=O) groups excluding carboxylic acids is 1. The fraction of sp³-hybridized carbons (Fsp3) is 0.333. The molecule has 0 unspecified atom stereocenters. The molecule has 6 aromatic rings. The summed E-state index contributed by atoms with van der Waals surface area (Å²) in [4.78, 5) is 37.0. The number of aryl methyl sites for hydroxylation is 3. The van der Waals surface area contributed by atoms with Gasteiger partial charge in [-0.2, -0.15) is 4.57 Å². The molecule has 0 N–H and O–H groups in total. The van der Waals surface area contributed by atoms with Gasteiger partial charge in [-0.15, -0.1) is 32.9 Å². The number of unbranched alkanes of at least 4 members (excludes halogenated alkanes) is 4. The molecule has 0 saturated heterocycles. The maximum absolute atomic E-state index is 13.7. The number of aromatic nitrogens is 5. The van der Waals surface area contributed by atoms with Crippen LogP contribution in [0.1, 0.15) is 96.8 Å². The number of nitrogens with zero attached hydrogens (tertiary/aromatic N) is 7. The normalized spacial score (nSPS) is 16.0. The molecule has 2 aliphatic heterocycles. The van der Waals surface area contributed by atoms with Crippen molar-refractivity contribution in [1.29, 1.82) is 0 Å². The van der Waals surface area contributed by atoms with E-state index in [1.165, 1.54) is 15.3 Å². The molecule has 2 aliphatic rings. The van der Waals surface area contributed by atoms with E-state index < -0.39 is 6.04 Å². The maximum Gasteiger partial charge on any atom is 0.271 e. The monoisotopic (exact) mass is 848 g/mol. The Hall–Kier alpha value is -4.62. The van der Waals surface area contributed by atoms with E-state index >= 15 is 0 Å². The molecule has 1 atom stereocenters. The fourth-order valence-electron chi connectivity index (χ4n) is 7.80. The van der Waals surface area contributed by atoms with Crippen molar-refractivity contribution in [2.75, 3.05) is 11.9 Å². The average molecular weight is 850 g/mol. The van der Waals surface area contributed by atoms with E-state index in [1.807, 2.05) is 61.9 Å². The van der Waals surface area contributed by atoms with E-state index in [1.54, 1.807) is 34.4 Å². The number of thiophene rings is 1. The van der Waals surface area contributed by atoms with Crippen LogP contribution in [0.3, 0.4) is 0 Å². The minimum absolute atomic E-state index is 0.0619. The molecule has 0 saturated carbocycles. The van der Waals surface area contributed by atoms with Gasteiger partial charge in [-0.1, -0.05) is 60.5 Å². The van der Waals surface area contributed by atoms with Gasteiger partial charge in [0, 0.05) is 77.0 Å². The first-order valence-electron chi connectivity index (χ1n) is 20.0. The van der Waals surface area contributed by atoms with Crippen LogP contribution in [0.2, 0.25) is 5.02 Å². The molecule has 0 amide bonds. The summed E-state index contributed by atoms with van der Waals surface area (Å²) in [6.07, 6.45) is 10.1. The predicted octanol–water partition coefficient (Wildman–Crippen LogP) is 8.47. The molecule has 0 spiro atoms. The topological polar surface area (TPSA) is 89.3 Å². The highest BCUT2D eigenvalue weighted by atomic mass is 35.5.